The number of nitrogens with zero attached hydrogens (tertiary/aromatic N) is 4. The van der Waals surface area contributed by atoms with E-state index < -0.39 is 11.2 Å². The third kappa shape index (κ3) is 4.55. The Labute approximate surface area is 203 Å². The maximum atomic E-state index is 14.3. The predicted octanol–water partition coefficient (Wildman–Crippen LogP) is 4.97. The number of halogens is 2. The molecule has 1 aliphatic heterocycles. The van der Waals surface area contributed by atoms with Crippen LogP contribution in [0.1, 0.15) is 43.7 Å². The number of ether oxygens (including phenoxy) is 1. The van der Waals surface area contributed by atoms with Crippen molar-refractivity contribution in [3.63, 3.8) is 0 Å². The summed E-state index contributed by atoms with van der Waals surface area (Å²) in [5.74, 6) is 0.278. The molecule has 7 nitrogen and oxygen atoms in total. The molecule has 1 aromatic carbocycles. The van der Waals surface area contributed by atoms with Gasteiger partial charge in [-0.3, -0.25) is 4.79 Å². The first kappa shape index (κ1) is 23.9. The maximum Gasteiger partial charge on any atom is 0.235 e. The van der Waals surface area contributed by atoms with Gasteiger partial charge >= 0.3 is 0 Å². The van der Waals surface area contributed by atoms with Crippen molar-refractivity contribution in [2.24, 2.45) is 0 Å². The fourth-order valence-electron chi connectivity index (χ4n) is 4.61. The van der Waals surface area contributed by atoms with Crippen LogP contribution in [0.2, 0.25) is 5.15 Å². The molecule has 4 rings (SSSR count). The number of hydrogen-bond donors (Lipinski definition) is 1. The molecule has 3 heterocycles. The molecule has 34 heavy (non-hydrogen) atoms. The summed E-state index contributed by atoms with van der Waals surface area (Å²) in [6.07, 6.45) is 4.95. The van der Waals surface area contributed by atoms with E-state index in [0.717, 1.165) is 17.3 Å². The lowest BCUT2D eigenvalue weighted by Gasteiger charge is -2.42. The number of anilines is 2. The largest absolute Gasteiger partial charge is 0.494 e. The van der Waals surface area contributed by atoms with Gasteiger partial charge in [0.15, 0.2) is 11.6 Å². The van der Waals surface area contributed by atoms with Crippen LogP contribution < -0.4 is 15.0 Å². The van der Waals surface area contributed by atoms with Gasteiger partial charge < -0.3 is 15.0 Å². The van der Waals surface area contributed by atoms with Crippen molar-refractivity contribution in [3.05, 3.63) is 71.2 Å². The number of piperidine rings is 1. The van der Waals surface area contributed by atoms with E-state index in [1.54, 1.807) is 6.07 Å². The van der Waals surface area contributed by atoms with Gasteiger partial charge in [0.1, 0.15) is 22.9 Å². The Morgan fingerprint density at radius 1 is 1.21 bits per heavy atom. The van der Waals surface area contributed by atoms with Crippen molar-refractivity contribution in [1.29, 1.82) is 0 Å². The zero-order valence-corrected chi connectivity index (χ0v) is 20.1. The lowest BCUT2D eigenvalue weighted by atomic mass is 9.69. The van der Waals surface area contributed by atoms with Crippen molar-refractivity contribution in [2.75, 3.05) is 30.4 Å². The fourth-order valence-corrected chi connectivity index (χ4v) is 4.76. The number of carbonyl (C=O) groups excluding carboxylic acids is 1. The highest BCUT2D eigenvalue weighted by molar-refractivity contribution is 6.29. The van der Waals surface area contributed by atoms with Crippen molar-refractivity contribution < 1.29 is 13.9 Å². The predicted molar refractivity (Wildman–Crippen MR) is 130 cm³/mol. The van der Waals surface area contributed by atoms with E-state index in [4.69, 9.17) is 16.3 Å². The van der Waals surface area contributed by atoms with Crippen LogP contribution in [0.3, 0.4) is 0 Å². The minimum absolute atomic E-state index is 0.161. The minimum Gasteiger partial charge on any atom is -0.494 e. The third-order valence-corrected chi connectivity index (χ3v) is 6.61. The Morgan fingerprint density at radius 2 is 1.94 bits per heavy atom. The molecule has 1 aliphatic rings. The number of benzene rings is 1. The summed E-state index contributed by atoms with van der Waals surface area (Å²) in [5, 5.41) is 3.30. The number of pyridine rings is 1. The summed E-state index contributed by atoms with van der Waals surface area (Å²) in [5.41, 5.74) is 1.71. The van der Waals surface area contributed by atoms with E-state index in [1.165, 1.54) is 19.6 Å². The van der Waals surface area contributed by atoms with Crippen LogP contribution in [-0.2, 0) is 10.2 Å². The van der Waals surface area contributed by atoms with E-state index in [0.29, 0.717) is 37.4 Å². The SMILES string of the molecule is COc1cc(Cl)ncc1NC(=O)C1(c2ccccc2C(C)C)CCN(c2ncncc2F)CC1. The van der Waals surface area contributed by atoms with Crippen LogP contribution >= 0.6 is 11.6 Å². The van der Waals surface area contributed by atoms with Gasteiger partial charge in [0, 0.05) is 19.2 Å². The van der Waals surface area contributed by atoms with Crippen molar-refractivity contribution in [1.82, 2.24) is 15.0 Å². The second-order valence-corrected chi connectivity index (χ2v) is 9.05. The molecular formula is C25H27ClFN5O2. The van der Waals surface area contributed by atoms with Crippen LogP contribution in [0.5, 0.6) is 5.75 Å². The summed E-state index contributed by atoms with van der Waals surface area (Å²) in [6.45, 7) is 5.15. The van der Waals surface area contributed by atoms with E-state index in [2.05, 4.69) is 40.2 Å². The van der Waals surface area contributed by atoms with Gasteiger partial charge in [-0.15, -0.1) is 0 Å². The molecule has 0 aliphatic carbocycles. The average molecular weight is 484 g/mol. The molecule has 3 aromatic rings. The first-order valence-electron chi connectivity index (χ1n) is 11.2. The van der Waals surface area contributed by atoms with Crippen LogP contribution in [0, 0.1) is 5.82 Å². The van der Waals surface area contributed by atoms with Crippen LogP contribution in [-0.4, -0.2) is 41.1 Å². The van der Waals surface area contributed by atoms with Crippen LogP contribution in [0.4, 0.5) is 15.9 Å². The molecule has 9 heteroatoms. The third-order valence-electron chi connectivity index (χ3n) is 6.40. The van der Waals surface area contributed by atoms with Crippen molar-refractivity contribution in [3.8, 4) is 5.75 Å². The Hall–Kier alpha value is -3.26. The monoisotopic (exact) mass is 483 g/mol. The van der Waals surface area contributed by atoms with Gasteiger partial charge in [-0.2, -0.15) is 0 Å². The number of hydrogen-bond acceptors (Lipinski definition) is 6. The molecule has 0 saturated carbocycles. The molecule has 1 fully saturated rings. The quantitative estimate of drug-likeness (QED) is 0.498. The van der Waals surface area contributed by atoms with Crippen LogP contribution in [0.15, 0.2) is 49.1 Å². The number of aromatic nitrogens is 3. The zero-order chi connectivity index (χ0) is 24.3. The van der Waals surface area contributed by atoms with E-state index in [-0.39, 0.29) is 22.8 Å². The maximum absolute atomic E-state index is 14.3. The lowest BCUT2D eigenvalue weighted by molar-refractivity contribution is -0.122. The standard InChI is InChI=1S/C25H27ClFN5O2/c1-16(2)17-6-4-5-7-18(17)25(24(33)31-20-14-29-22(26)12-21(20)34-3)8-10-32(11-9-25)23-19(27)13-28-15-30-23/h4-7,12-16H,8-11H2,1-3H3,(H,31,33). The van der Waals surface area contributed by atoms with Gasteiger partial charge in [0.25, 0.3) is 0 Å². The van der Waals surface area contributed by atoms with Crippen molar-refractivity contribution in [2.45, 2.75) is 38.0 Å². The molecule has 0 spiro atoms. The molecular weight excluding hydrogens is 457 g/mol. The summed E-state index contributed by atoms with van der Waals surface area (Å²) in [7, 11) is 1.51. The lowest BCUT2D eigenvalue weighted by Crippen LogP contribution is -2.50. The highest BCUT2D eigenvalue weighted by Gasteiger charge is 2.45. The molecule has 0 unspecified atom stereocenters. The molecule has 1 amide bonds. The Bertz CT molecular complexity index is 1180. The number of amides is 1. The molecule has 1 saturated heterocycles. The highest BCUT2D eigenvalue weighted by atomic mass is 35.5. The number of carbonyl (C=O) groups is 1. The zero-order valence-electron chi connectivity index (χ0n) is 19.4. The highest BCUT2D eigenvalue weighted by Crippen LogP contribution is 2.42. The first-order chi connectivity index (χ1) is 16.4. The summed E-state index contributed by atoms with van der Waals surface area (Å²) in [6, 6.07) is 9.59. The second-order valence-electron chi connectivity index (χ2n) is 8.67. The van der Waals surface area contributed by atoms with Gasteiger partial charge in [0.05, 0.1) is 24.9 Å². The average Bonchev–Trinajstić information content (AvgIpc) is 2.85. The molecule has 1 N–H and O–H groups in total. The Morgan fingerprint density at radius 3 is 2.62 bits per heavy atom. The van der Waals surface area contributed by atoms with Crippen LogP contribution in [0.25, 0.3) is 0 Å². The van der Waals surface area contributed by atoms with Gasteiger partial charge in [-0.05, 0) is 29.9 Å². The molecule has 0 atom stereocenters. The number of nitrogens with one attached hydrogen (secondary N) is 1. The molecule has 0 radical (unpaired) electrons. The second kappa shape index (κ2) is 9.93. The minimum atomic E-state index is -0.828. The fraction of sp³-hybridized carbons (Fsp3) is 0.360. The first-order valence-corrected chi connectivity index (χ1v) is 11.5. The van der Waals surface area contributed by atoms with Gasteiger partial charge in [-0.1, -0.05) is 49.7 Å². The van der Waals surface area contributed by atoms with Gasteiger partial charge in [-0.25, -0.2) is 19.3 Å². The Balaban J connectivity index is 1.72. The summed E-state index contributed by atoms with van der Waals surface area (Å²) in [4.78, 5) is 27.8. The molecule has 178 valence electrons. The van der Waals surface area contributed by atoms with E-state index in [9.17, 15) is 9.18 Å². The summed E-state index contributed by atoms with van der Waals surface area (Å²) >= 11 is 6.00. The number of methoxy groups -OCH3 is 1. The van der Waals surface area contributed by atoms with E-state index in [1.807, 2.05) is 23.1 Å². The normalized spacial score (nSPS) is 15.3. The topological polar surface area (TPSA) is 80.2 Å². The molecule has 0 bridgehead atoms. The Kier molecular flexibility index (Phi) is 6.97. The van der Waals surface area contributed by atoms with Crippen molar-refractivity contribution >= 4 is 29.0 Å². The number of rotatable bonds is 6. The van der Waals surface area contributed by atoms with E-state index >= 15 is 0 Å². The molecule has 2 aromatic heterocycles. The summed E-state index contributed by atoms with van der Waals surface area (Å²) < 4.78 is 19.7. The smallest absolute Gasteiger partial charge is 0.235 e. The van der Waals surface area contributed by atoms with Gasteiger partial charge in [0.2, 0.25) is 5.91 Å².